The van der Waals surface area contributed by atoms with E-state index in [4.69, 9.17) is 4.74 Å². The minimum atomic E-state index is -0.0267. The van der Waals surface area contributed by atoms with Gasteiger partial charge in [0, 0.05) is 68.3 Å². The minimum Gasteiger partial charge on any atom is -0.384 e. The van der Waals surface area contributed by atoms with Crippen LogP contribution in [0.1, 0.15) is 30.1 Å². The van der Waals surface area contributed by atoms with Crippen LogP contribution >= 0.6 is 0 Å². The van der Waals surface area contributed by atoms with E-state index >= 15 is 0 Å². The van der Waals surface area contributed by atoms with Crippen molar-refractivity contribution in [2.75, 3.05) is 32.1 Å². The fourth-order valence-electron chi connectivity index (χ4n) is 4.06. The molecule has 0 radical (unpaired) electrons. The van der Waals surface area contributed by atoms with E-state index in [1.165, 1.54) is 0 Å². The summed E-state index contributed by atoms with van der Waals surface area (Å²) >= 11 is 0. The summed E-state index contributed by atoms with van der Waals surface area (Å²) in [5, 5.41) is 3.08. The van der Waals surface area contributed by atoms with E-state index in [-0.39, 0.29) is 11.8 Å². The summed E-state index contributed by atoms with van der Waals surface area (Å²) in [7, 11) is 1.68. The second kappa shape index (κ2) is 10.5. The number of imidazole rings is 1. The van der Waals surface area contributed by atoms with Crippen molar-refractivity contribution in [1.82, 2.24) is 24.4 Å². The zero-order valence-corrected chi connectivity index (χ0v) is 18.7. The van der Waals surface area contributed by atoms with Crippen molar-refractivity contribution in [3.8, 4) is 5.69 Å². The van der Waals surface area contributed by atoms with Crippen molar-refractivity contribution in [1.29, 1.82) is 0 Å². The average molecular weight is 435 g/mol. The number of benzene rings is 1. The van der Waals surface area contributed by atoms with Crippen LogP contribution in [0.25, 0.3) is 5.69 Å². The molecule has 1 atom stereocenters. The predicted molar refractivity (Wildman–Crippen MR) is 123 cm³/mol. The van der Waals surface area contributed by atoms with Crippen LogP contribution in [0.4, 0.5) is 5.69 Å². The number of rotatable bonds is 8. The monoisotopic (exact) mass is 434 g/mol. The second-order valence-electron chi connectivity index (χ2n) is 8.21. The summed E-state index contributed by atoms with van der Waals surface area (Å²) in [4.78, 5) is 28.3. The Morgan fingerprint density at radius 1 is 1.19 bits per heavy atom. The lowest BCUT2D eigenvalue weighted by Crippen LogP contribution is -2.40. The molecule has 4 rings (SSSR count). The van der Waals surface area contributed by atoms with Crippen LogP contribution in [0.15, 0.2) is 49.1 Å². The zero-order valence-electron chi connectivity index (χ0n) is 18.7. The molecule has 1 amide bonds. The molecule has 1 saturated heterocycles. The third kappa shape index (κ3) is 5.57. The van der Waals surface area contributed by atoms with Gasteiger partial charge in [-0.2, -0.15) is 0 Å². The van der Waals surface area contributed by atoms with Gasteiger partial charge in [0.25, 0.3) is 0 Å². The number of aryl methyl sites for hydroxylation is 1. The first kappa shape index (κ1) is 22.1. The average Bonchev–Trinajstić information content (AvgIpc) is 3.25. The molecule has 1 aliphatic heterocycles. The van der Waals surface area contributed by atoms with Crippen LogP contribution in [-0.4, -0.2) is 57.1 Å². The molecule has 0 saturated carbocycles. The molecule has 32 heavy (non-hydrogen) atoms. The second-order valence-corrected chi connectivity index (χ2v) is 8.21. The molecule has 3 aromatic rings. The van der Waals surface area contributed by atoms with Gasteiger partial charge in [-0.25, -0.2) is 15.0 Å². The van der Waals surface area contributed by atoms with E-state index in [1.54, 1.807) is 13.3 Å². The van der Waals surface area contributed by atoms with Crippen molar-refractivity contribution >= 4 is 11.6 Å². The fourth-order valence-corrected chi connectivity index (χ4v) is 4.06. The predicted octanol–water partition coefficient (Wildman–Crippen LogP) is 3.01. The smallest absolute Gasteiger partial charge is 0.228 e. The van der Waals surface area contributed by atoms with Gasteiger partial charge in [-0.1, -0.05) is 0 Å². The molecule has 1 fully saturated rings. The summed E-state index contributed by atoms with van der Waals surface area (Å²) in [6, 6.07) is 7.87. The highest BCUT2D eigenvalue weighted by molar-refractivity contribution is 5.92. The van der Waals surface area contributed by atoms with E-state index in [9.17, 15) is 4.79 Å². The third-order valence-electron chi connectivity index (χ3n) is 5.81. The SMILES string of the molecule is COCCc1ncc(CN2CCC[C@@H](C(=O)Nc3ccc(-n4ccnc4C)cc3)C2)cn1. The van der Waals surface area contributed by atoms with Crippen LogP contribution in [0, 0.1) is 12.8 Å². The molecule has 2 aromatic heterocycles. The molecule has 0 aliphatic carbocycles. The largest absolute Gasteiger partial charge is 0.384 e. The summed E-state index contributed by atoms with van der Waals surface area (Å²) in [6.07, 6.45) is 10.1. The number of hydrogen-bond donors (Lipinski definition) is 1. The van der Waals surface area contributed by atoms with Gasteiger partial charge >= 0.3 is 0 Å². The molecule has 1 N–H and O–H groups in total. The lowest BCUT2D eigenvalue weighted by Gasteiger charge is -2.31. The molecular weight excluding hydrogens is 404 g/mol. The number of hydrogen-bond acceptors (Lipinski definition) is 6. The van der Waals surface area contributed by atoms with E-state index in [0.29, 0.717) is 13.0 Å². The van der Waals surface area contributed by atoms with Crippen molar-refractivity contribution < 1.29 is 9.53 Å². The summed E-state index contributed by atoms with van der Waals surface area (Å²) in [5.41, 5.74) is 2.91. The van der Waals surface area contributed by atoms with Gasteiger partial charge in [-0.05, 0) is 50.6 Å². The first-order valence-corrected chi connectivity index (χ1v) is 11.0. The first-order chi connectivity index (χ1) is 15.6. The Balaban J connectivity index is 1.31. The molecule has 0 spiro atoms. The Hall–Kier alpha value is -3.10. The summed E-state index contributed by atoms with van der Waals surface area (Å²) in [5.74, 6) is 1.77. The van der Waals surface area contributed by atoms with Gasteiger partial charge in [0.15, 0.2) is 0 Å². The Labute approximate surface area is 188 Å². The quantitative estimate of drug-likeness (QED) is 0.587. The Morgan fingerprint density at radius 3 is 2.66 bits per heavy atom. The third-order valence-corrected chi connectivity index (χ3v) is 5.81. The fraction of sp³-hybridized carbons (Fsp3) is 0.417. The van der Waals surface area contributed by atoms with Crippen molar-refractivity contribution in [2.24, 2.45) is 5.92 Å². The van der Waals surface area contributed by atoms with E-state index < -0.39 is 0 Å². The number of methoxy groups -OCH3 is 1. The molecule has 0 bridgehead atoms. The number of amides is 1. The van der Waals surface area contributed by atoms with Gasteiger partial charge in [0.1, 0.15) is 11.6 Å². The maximum atomic E-state index is 12.9. The van der Waals surface area contributed by atoms with Crippen LogP contribution in [-0.2, 0) is 22.5 Å². The number of piperidine rings is 1. The molecular formula is C24H30N6O2. The Bertz CT molecular complexity index is 1020. The van der Waals surface area contributed by atoms with Crippen LogP contribution in [0.5, 0.6) is 0 Å². The molecule has 8 heteroatoms. The van der Waals surface area contributed by atoms with E-state index in [1.807, 2.05) is 54.3 Å². The van der Waals surface area contributed by atoms with Crippen LogP contribution < -0.4 is 5.32 Å². The first-order valence-electron chi connectivity index (χ1n) is 11.0. The number of likely N-dealkylation sites (tertiary alicyclic amines) is 1. The molecule has 1 aliphatic rings. The number of carbonyl (C=O) groups excluding carboxylic acids is 1. The maximum absolute atomic E-state index is 12.9. The highest BCUT2D eigenvalue weighted by atomic mass is 16.5. The van der Waals surface area contributed by atoms with Crippen molar-refractivity contribution in [3.05, 3.63) is 66.3 Å². The highest BCUT2D eigenvalue weighted by Crippen LogP contribution is 2.21. The molecule has 168 valence electrons. The van der Waals surface area contributed by atoms with Gasteiger partial charge < -0.3 is 14.6 Å². The van der Waals surface area contributed by atoms with Crippen molar-refractivity contribution in [2.45, 2.75) is 32.7 Å². The lowest BCUT2D eigenvalue weighted by atomic mass is 9.96. The molecule has 8 nitrogen and oxygen atoms in total. The summed E-state index contributed by atoms with van der Waals surface area (Å²) in [6.45, 7) is 5.06. The number of aromatic nitrogens is 4. The Morgan fingerprint density at radius 2 is 1.97 bits per heavy atom. The van der Waals surface area contributed by atoms with E-state index in [0.717, 1.165) is 61.1 Å². The normalized spacial score (nSPS) is 16.8. The van der Waals surface area contributed by atoms with Gasteiger partial charge in [-0.15, -0.1) is 0 Å². The van der Waals surface area contributed by atoms with Gasteiger partial charge in [0.2, 0.25) is 5.91 Å². The van der Waals surface area contributed by atoms with Gasteiger partial charge in [-0.3, -0.25) is 9.69 Å². The minimum absolute atomic E-state index is 0.0267. The standard InChI is InChI=1S/C24H30N6O2/c1-18-25-10-12-30(18)22-7-5-21(6-8-22)28-24(31)20-4-3-11-29(17-20)16-19-14-26-23(27-15-19)9-13-32-2/h5-8,10,12,14-15,20H,3-4,9,11,13,16-17H2,1-2H3,(H,28,31)/t20-/m1/s1. The zero-order chi connectivity index (χ0) is 22.3. The molecule has 0 unspecified atom stereocenters. The number of nitrogens with zero attached hydrogens (tertiary/aromatic N) is 5. The van der Waals surface area contributed by atoms with Crippen LogP contribution in [0.3, 0.4) is 0 Å². The number of nitrogens with one attached hydrogen (secondary N) is 1. The Kier molecular flexibility index (Phi) is 7.24. The van der Waals surface area contributed by atoms with Crippen molar-refractivity contribution in [3.63, 3.8) is 0 Å². The van der Waals surface area contributed by atoms with E-state index in [2.05, 4.69) is 25.2 Å². The molecule has 3 heterocycles. The molecule has 1 aromatic carbocycles. The van der Waals surface area contributed by atoms with Gasteiger partial charge in [0.05, 0.1) is 12.5 Å². The highest BCUT2D eigenvalue weighted by Gasteiger charge is 2.26. The number of ether oxygens (including phenoxy) is 1. The number of carbonyl (C=O) groups is 1. The van der Waals surface area contributed by atoms with Crippen LogP contribution in [0.2, 0.25) is 0 Å². The number of anilines is 1. The summed E-state index contributed by atoms with van der Waals surface area (Å²) < 4.78 is 7.08. The lowest BCUT2D eigenvalue weighted by molar-refractivity contribution is -0.121. The topological polar surface area (TPSA) is 85.2 Å². The maximum Gasteiger partial charge on any atom is 0.228 e.